The van der Waals surface area contributed by atoms with Gasteiger partial charge < -0.3 is 25.8 Å². The topological polar surface area (TPSA) is 98.0 Å². The van der Waals surface area contributed by atoms with Crippen LogP contribution in [0.3, 0.4) is 0 Å². The predicted octanol–water partition coefficient (Wildman–Crippen LogP) is 1.96. The van der Waals surface area contributed by atoms with Gasteiger partial charge in [0, 0.05) is 24.7 Å². The Balaban J connectivity index is 0.00000484. The van der Waals surface area contributed by atoms with Crippen LogP contribution in [0.15, 0.2) is 23.2 Å². The van der Waals surface area contributed by atoms with Gasteiger partial charge in [-0.05, 0) is 18.6 Å². The molecule has 0 aliphatic carbocycles. The summed E-state index contributed by atoms with van der Waals surface area (Å²) in [5, 5.41) is 5.73. The Hall–Kier alpha value is -1.71. The second-order valence-corrected chi connectivity index (χ2v) is 4.56. The van der Waals surface area contributed by atoms with Crippen LogP contribution >= 0.6 is 24.0 Å². The standard InChI is InChI=1S/C15H24N4O3.HI/c1-4-8-17-14(20)7-9-18-15(16)19-11-5-6-12(21-2)13(10-11)22-3;/h5-6,10H,4,7-9H2,1-3H3,(H,17,20)(H3,16,18,19);1H. The first kappa shape index (κ1) is 21.3. The second kappa shape index (κ2) is 11.8. The molecule has 7 nitrogen and oxygen atoms in total. The molecule has 0 unspecified atom stereocenters. The molecule has 4 N–H and O–H groups in total. The van der Waals surface area contributed by atoms with Gasteiger partial charge in [-0.3, -0.25) is 9.79 Å². The van der Waals surface area contributed by atoms with Gasteiger partial charge in [0.2, 0.25) is 5.91 Å². The Morgan fingerprint density at radius 3 is 2.57 bits per heavy atom. The Kier molecular flexibility index (Phi) is 10.9. The summed E-state index contributed by atoms with van der Waals surface area (Å²) < 4.78 is 10.4. The minimum absolute atomic E-state index is 0. The first-order chi connectivity index (χ1) is 10.6. The van der Waals surface area contributed by atoms with Gasteiger partial charge >= 0.3 is 0 Å². The molecule has 0 atom stereocenters. The Bertz CT molecular complexity index is 523. The van der Waals surface area contributed by atoms with E-state index in [4.69, 9.17) is 15.2 Å². The molecule has 0 aliphatic rings. The van der Waals surface area contributed by atoms with E-state index in [0.717, 1.165) is 12.1 Å². The number of hydrogen-bond donors (Lipinski definition) is 3. The van der Waals surface area contributed by atoms with Crippen molar-refractivity contribution in [3.63, 3.8) is 0 Å². The molecule has 0 heterocycles. The number of nitrogens with two attached hydrogens (primary N) is 1. The van der Waals surface area contributed by atoms with Gasteiger partial charge in [0.1, 0.15) is 0 Å². The number of nitrogens with one attached hydrogen (secondary N) is 2. The van der Waals surface area contributed by atoms with Crippen molar-refractivity contribution in [2.75, 3.05) is 32.6 Å². The maximum Gasteiger partial charge on any atom is 0.221 e. The summed E-state index contributed by atoms with van der Waals surface area (Å²) in [4.78, 5) is 15.5. The average Bonchev–Trinajstić information content (AvgIpc) is 2.52. The van der Waals surface area contributed by atoms with Crippen LogP contribution in [-0.2, 0) is 4.79 Å². The number of aliphatic imine (C=N–C) groups is 1. The monoisotopic (exact) mass is 436 g/mol. The molecule has 0 saturated heterocycles. The van der Waals surface area contributed by atoms with Gasteiger partial charge in [0.15, 0.2) is 17.5 Å². The van der Waals surface area contributed by atoms with Crippen LogP contribution in [0.2, 0.25) is 0 Å². The highest BCUT2D eigenvalue weighted by Crippen LogP contribution is 2.29. The maximum absolute atomic E-state index is 11.4. The molecule has 0 aliphatic heterocycles. The Morgan fingerprint density at radius 1 is 1.26 bits per heavy atom. The van der Waals surface area contributed by atoms with E-state index in [1.807, 2.05) is 6.92 Å². The normalized spacial score (nSPS) is 10.5. The van der Waals surface area contributed by atoms with Crippen LogP contribution in [0.1, 0.15) is 19.8 Å². The lowest BCUT2D eigenvalue weighted by Crippen LogP contribution is -2.26. The molecule has 0 radical (unpaired) electrons. The number of amides is 1. The van der Waals surface area contributed by atoms with Crippen LogP contribution in [0, 0.1) is 0 Å². The molecule has 1 aromatic carbocycles. The fraction of sp³-hybridized carbons (Fsp3) is 0.467. The van der Waals surface area contributed by atoms with Gasteiger partial charge in [-0.25, -0.2) is 0 Å². The maximum atomic E-state index is 11.4. The van der Waals surface area contributed by atoms with Crippen molar-refractivity contribution in [3.8, 4) is 11.5 Å². The number of anilines is 1. The molecular formula is C15H25IN4O3. The molecule has 23 heavy (non-hydrogen) atoms. The number of guanidine groups is 1. The highest BCUT2D eigenvalue weighted by molar-refractivity contribution is 14.0. The Labute approximate surface area is 154 Å². The SMILES string of the molecule is CCCNC(=O)CCN=C(N)Nc1ccc(OC)c(OC)c1.I. The molecule has 1 aromatic rings. The van der Waals surface area contributed by atoms with Crippen molar-refractivity contribution < 1.29 is 14.3 Å². The van der Waals surface area contributed by atoms with Crippen LogP contribution in [0.4, 0.5) is 5.69 Å². The van der Waals surface area contributed by atoms with E-state index in [-0.39, 0.29) is 35.8 Å². The number of rotatable bonds is 8. The van der Waals surface area contributed by atoms with Crippen LogP contribution in [0.5, 0.6) is 11.5 Å². The van der Waals surface area contributed by atoms with Gasteiger partial charge in [0.05, 0.1) is 20.8 Å². The molecular weight excluding hydrogens is 411 g/mol. The van der Waals surface area contributed by atoms with E-state index in [1.54, 1.807) is 32.4 Å². The fourth-order valence-electron chi connectivity index (χ4n) is 1.73. The molecule has 0 spiro atoms. The average molecular weight is 436 g/mol. The molecule has 0 fully saturated rings. The molecule has 1 amide bonds. The van der Waals surface area contributed by atoms with Crippen LogP contribution in [0.25, 0.3) is 0 Å². The lowest BCUT2D eigenvalue weighted by atomic mass is 10.3. The number of benzene rings is 1. The number of hydrogen-bond acceptors (Lipinski definition) is 4. The van der Waals surface area contributed by atoms with E-state index in [0.29, 0.717) is 31.0 Å². The first-order valence-electron chi connectivity index (χ1n) is 7.16. The number of ether oxygens (including phenoxy) is 2. The molecule has 0 bridgehead atoms. The van der Waals surface area contributed by atoms with E-state index < -0.39 is 0 Å². The van der Waals surface area contributed by atoms with Crippen molar-refractivity contribution in [2.24, 2.45) is 10.7 Å². The summed E-state index contributed by atoms with van der Waals surface area (Å²) in [5.74, 6) is 1.45. The number of methoxy groups -OCH3 is 2. The third-order valence-corrected chi connectivity index (χ3v) is 2.85. The highest BCUT2D eigenvalue weighted by atomic mass is 127. The zero-order valence-electron chi connectivity index (χ0n) is 13.7. The lowest BCUT2D eigenvalue weighted by Gasteiger charge is -2.10. The van der Waals surface area contributed by atoms with E-state index in [9.17, 15) is 4.79 Å². The summed E-state index contributed by atoms with van der Waals surface area (Å²) in [6.07, 6.45) is 1.23. The first-order valence-corrected chi connectivity index (χ1v) is 7.16. The highest BCUT2D eigenvalue weighted by Gasteiger charge is 2.05. The third-order valence-electron chi connectivity index (χ3n) is 2.85. The zero-order chi connectivity index (χ0) is 16.4. The van der Waals surface area contributed by atoms with Crippen molar-refractivity contribution in [2.45, 2.75) is 19.8 Å². The molecule has 8 heteroatoms. The van der Waals surface area contributed by atoms with Crippen LogP contribution < -0.4 is 25.8 Å². The summed E-state index contributed by atoms with van der Waals surface area (Å²) in [5.41, 5.74) is 6.52. The summed E-state index contributed by atoms with van der Waals surface area (Å²) in [7, 11) is 3.14. The van der Waals surface area contributed by atoms with Gasteiger partial charge in [-0.15, -0.1) is 24.0 Å². The zero-order valence-corrected chi connectivity index (χ0v) is 16.0. The van der Waals surface area contributed by atoms with Crippen molar-refractivity contribution >= 4 is 41.5 Å². The smallest absolute Gasteiger partial charge is 0.221 e. The minimum Gasteiger partial charge on any atom is -0.493 e. The fourth-order valence-corrected chi connectivity index (χ4v) is 1.73. The van der Waals surface area contributed by atoms with Crippen molar-refractivity contribution in [1.29, 1.82) is 0 Å². The molecule has 130 valence electrons. The second-order valence-electron chi connectivity index (χ2n) is 4.56. The van der Waals surface area contributed by atoms with Gasteiger partial charge in [-0.1, -0.05) is 6.92 Å². The van der Waals surface area contributed by atoms with Gasteiger partial charge in [0.25, 0.3) is 0 Å². The van der Waals surface area contributed by atoms with E-state index in [2.05, 4.69) is 15.6 Å². The largest absolute Gasteiger partial charge is 0.493 e. The summed E-state index contributed by atoms with van der Waals surface area (Å²) in [6.45, 7) is 3.02. The summed E-state index contributed by atoms with van der Waals surface area (Å²) in [6, 6.07) is 5.33. The molecule has 0 saturated carbocycles. The third kappa shape index (κ3) is 7.91. The van der Waals surface area contributed by atoms with Crippen molar-refractivity contribution in [3.05, 3.63) is 18.2 Å². The van der Waals surface area contributed by atoms with Crippen molar-refractivity contribution in [1.82, 2.24) is 5.32 Å². The number of carbonyl (C=O) groups is 1. The molecule has 0 aromatic heterocycles. The van der Waals surface area contributed by atoms with Gasteiger partial charge in [-0.2, -0.15) is 0 Å². The number of halogens is 1. The minimum atomic E-state index is -0.0236. The van der Waals surface area contributed by atoms with Crippen LogP contribution in [-0.4, -0.2) is 39.2 Å². The Morgan fingerprint density at radius 2 is 1.96 bits per heavy atom. The van der Waals surface area contributed by atoms with E-state index >= 15 is 0 Å². The quantitative estimate of drug-likeness (QED) is 0.329. The number of nitrogens with zero attached hydrogens (tertiary/aromatic N) is 1. The number of carbonyl (C=O) groups excluding carboxylic acids is 1. The summed E-state index contributed by atoms with van der Waals surface area (Å²) >= 11 is 0. The van der Waals surface area contributed by atoms with E-state index in [1.165, 1.54) is 0 Å². The molecule has 1 rings (SSSR count). The lowest BCUT2D eigenvalue weighted by molar-refractivity contribution is -0.120. The predicted molar refractivity (Wildman–Crippen MR) is 103 cm³/mol.